The molecule has 0 aromatic heterocycles. The molecule has 0 amide bonds. The van der Waals surface area contributed by atoms with Crippen LogP contribution in [0.2, 0.25) is 0 Å². The van der Waals surface area contributed by atoms with Crippen molar-refractivity contribution in [1.29, 1.82) is 0 Å². The van der Waals surface area contributed by atoms with E-state index >= 15 is 0 Å². The Kier molecular flexibility index (Phi) is 2.40. The Balaban J connectivity index is 2.45. The van der Waals surface area contributed by atoms with Crippen LogP contribution in [0.15, 0.2) is 12.3 Å². The largest absolute Gasteiger partial charge is 0.497 e. The quantitative estimate of drug-likeness (QED) is 0.615. The second-order valence-electron chi connectivity index (χ2n) is 2.55. The lowest BCUT2D eigenvalue weighted by atomic mass is 10.1. The summed E-state index contributed by atoms with van der Waals surface area (Å²) in [6.07, 6.45) is -4.41. The Morgan fingerprint density at radius 2 is 2.25 bits per heavy atom. The first kappa shape index (κ1) is 9.09. The molecule has 0 spiro atoms. The monoisotopic (exact) mass is 180 g/mol. The maximum absolute atomic E-state index is 11.8. The first-order valence-electron chi connectivity index (χ1n) is 3.39. The minimum Gasteiger partial charge on any atom is -0.497 e. The number of carbonyl (C=O) groups is 1. The van der Waals surface area contributed by atoms with Crippen molar-refractivity contribution in [2.75, 3.05) is 0 Å². The summed E-state index contributed by atoms with van der Waals surface area (Å²) in [5.74, 6) is -0.324. The normalized spacial score (nSPS) is 23.9. The average Bonchev–Trinajstić information content (AvgIpc) is 1.82. The third kappa shape index (κ3) is 2.94. The van der Waals surface area contributed by atoms with Gasteiger partial charge in [-0.05, 0) is 0 Å². The standard InChI is InChI=1S/C7H7F3O2/c8-7(9,10)4-6-3-5(11)1-2-12-6/h1-2,6H,3-4H2/t6-/m0/s1. The van der Waals surface area contributed by atoms with Gasteiger partial charge in [-0.3, -0.25) is 4.79 Å². The van der Waals surface area contributed by atoms with Crippen molar-refractivity contribution < 1.29 is 22.7 Å². The highest BCUT2D eigenvalue weighted by atomic mass is 19.4. The average molecular weight is 180 g/mol. The van der Waals surface area contributed by atoms with Crippen LogP contribution in [0.5, 0.6) is 0 Å². The van der Waals surface area contributed by atoms with Crippen molar-refractivity contribution in [3.63, 3.8) is 0 Å². The fraction of sp³-hybridized carbons (Fsp3) is 0.571. The Hall–Kier alpha value is -1.00. The second kappa shape index (κ2) is 3.16. The number of hydrogen-bond donors (Lipinski definition) is 0. The van der Waals surface area contributed by atoms with Crippen molar-refractivity contribution in [3.05, 3.63) is 12.3 Å². The zero-order valence-corrected chi connectivity index (χ0v) is 6.10. The Labute approximate surface area is 67.0 Å². The number of ketones is 1. The fourth-order valence-electron chi connectivity index (χ4n) is 0.945. The van der Waals surface area contributed by atoms with Gasteiger partial charge in [0.1, 0.15) is 6.10 Å². The highest BCUT2D eigenvalue weighted by molar-refractivity contribution is 5.90. The van der Waals surface area contributed by atoms with Crippen molar-refractivity contribution in [2.24, 2.45) is 0 Å². The van der Waals surface area contributed by atoms with Crippen LogP contribution in [0.3, 0.4) is 0 Å². The van der Waals surface area contributed by atoms with Gasteiger partial charge >= 0.3 is 6.18 Å². The van der Waals surface area contributed by atoms with E-state index in [4.69, 9.17) is 0 Å². The van der Waals surface area contributed by atoms with Crippen LogP contribution in [0.25, 0.3) is 0 Å². The number of hydrogen-bond acceptors (Lipinski definition) is 2. The topological polar surface area (TPSA) is 26.3 Å². The maximum Gasteiger partial charge on any atom is 0.392 e. The molecular formula is C7H7F3O2. The van der Waals surface area contributed by atoms with Gasteiger partial charge in [-0.1, -0.05) is 0 Å². The lowest BCUT2D eigenvalue weighted by Crippen LogP contribution is -2.25. The van der Waals surface area contributed by atoms with E-state index < -0.39 is 18.7 Å². The van der Waals surface area contributed by atoms with Crippen molar-refractivity contribution in [2.45, 2.75) is 25.1 Å². The van der Waals surface area contributed by atoms with Gasteiger partial charge < -0.3 is 4.74 Å². The molecule has 1 heterocycles. The first-order valence-corrected chi connectivity index (χ1v) is 3.39. The highest BCUT2D eigenvalue weighted by Gasteiger charge is 2.34. The fourth-order valence-corrected chi connectivity index (χ4v) is 0.945. The lowest BCUT2D eigenvalue weighted by Gasteiger charge is -2.19. The van der Waals surface area contributed by atoms with E-state index in [1.165, 1.54) is 0 Å². The molecule has 0 aromatic rings. The molecule has 0 fully saturated rings. The number of allylic oxidation sites excluding steroid dienone is 1. The summed E-state index contributed by atoms with van der Waals surface area (Å²) in [6, 6.07) is 0. The molecule has 1 aliphatic heterocycles. The van der Waals surface area contributed by atoms with Crippen molar-refractivity contribution in [3.8, 4) is 0 Å². The van der Waals surface area contributed by atoms with Crippen molar-refractivity contribution >= 4 is 5.78 Å². The first-order chi connectivity index (χ1) is 5.47. The van der Waals surface area contributed by atoms with E-state index in [1.54, 1.807) is 0 Å². The van der Waals surface area contributed by atoms with Crippen LogP contribution in [0.1, 0.15) is 12.8 Å². The summed E-state index contributed by atoms with van der Waals surface area (Å²) in [5, 5.41) is 0. The molecular weight excluding hydrogens is 173 g/mol. The summed E-state index contributed by atoms with van der Waals surface area (Å²) < 4.78 is 39.9. The molecule has 0 aliphatic carbocycles. The number of alkyl halides is 3. The number of rotatable bonds is 1. The van der Waals surface area contributed by atoms with E-state index in [1.807, 2.05) is 0 Å². The molecule has 0 N–H and O–H groups in total. The number of halogens is 3. The molecule has 0 bridgehead atoms. The van der Waals surface area contributed by atoms with Gasteiger partial charge in [0.05, 0.1) is 12.7 Å². The third-order valence-electron chi connectivity index (χ3n) is 1.41. The summed E-state index contributed by atoms with van der Waals surface area (Å²) in [4.78, 5) is 10.6. The van der Waals surface area contributed by atoms with Crippen LogP contribution in [0.4, 0.5) is 13.2 Å². The van der Waals surface area contributed by atoms with Gasteiger partial charge in [-0.2, -0.15) is 13.2 Å². The molecule has 0 saturated heterocycles. The van der Waals surface area contributed by atoms with Crippen LogP contribution < -0.4 is 0 Å². The van der Waals surface area contributed by atoms with Crippen molar-refractivity contribution in [1.82, 2.24) is 0 Å². The van der Waals surface area contributed by atoms with E-state index in [0.29, 0.717) is 0 Å². The molecule has 12 heavy (non-hydrogen) atoms. The van der Waals surface area contributed by atoms with Gasteiger partial charge in [-0.25, -0.2) is 0 Å². The minimum absolute atomic E-state index is 0.185. The zero-order valence-electron chi connectivity index (χ0n) is 6.10. The van der Waals surface area contributed by atoms with Gasteiger partial charge in [-0.15, -0.1) is 0 Å². The molecule has 1 atom stereocenters. The predicted molar refractivity (Wildman–Crippen MR) is 34.3 cm³/mol. The van der Waals surface area contributed by atoms with Gasteiger partial charge in [0.2, 0.25) is 0 Å². The van der Waals surface area contributed by atoms with Crippen LogP contribution in [-0.4, -0.2) is 18.1 Å². The van der Waals surface area contributed by atoms with Crippen LogP contribution in [0, 0.1) is 0 Å². The maximum atomic E-state index is 11.8. The Morgan fingerprint density at radius 1 is 1.58 bits per heavy atom. The molecule has 0 aromatic carbocycles. The minimum atomic E-state index is -4.27. The molecule has 68 valence electrons. The van der Waals surface area contributed by atoms with Crippen LogP contribution >= 0.6 is 0 Å². The summed E-state index contributed by atoms with van der Waals surface area (Å²) in [5.41, 5.74) is 0. The Morgan fingerprint density at radius 3 is 2.75 bits per heavy atom. The van der Waals surface area contributed by atoms with Gasteiger partial charge in [0.25, 0.3) is 0 Å². The van der Waals surface area contributed by atoms with E-state index in [0.717, 1.165) is 12.3 Å². The highest BCUT2D eigenvalue weighted by Crippen LogP contribution is 2.25. The molecule has 0 unspecified atom stereocenters. The molecule has 1 aliphatic rings. The summed E-state index contributed by atoms with van der Waals surface area (Å²) in [6.45, 7) is 0. The molecule has 2 nitrogen and oxygen atoms in total. The molecule has 0 radical (unpaired) electrons. The predicted octanol–water partition coefficient (Wildman–Crippen LogP) is 1.81. The Bertz CT molecular complexity index is 207. The van der Waals surface area contributed by atoms with Gasteiger partial charge in [0, 0.05) is 12.5 Å². The van der Waals surface area contributed by atoms with E-state index in [2.05, 4.69) is 4.74 Å². The summed E-state index contributed by atoms with van der Waals surface area (Å²) in [7, 11) is 0. The smallest absolute Gasteiger partial charge is 0.392 e. The zero-order chi connectivity index (χ0) is 9.19. The SMILES string of the molecule is O=C1C=CO[C@H](CC(F)(F)F)C1. The second-order valence-corrected chi connectivity index (χ2v) is 2.55. The van der Waals surface area contributed by atoms with Gasteiger partial charge in [0.15, 0.2) is 5.78 Å². The molecule has 0 saturated carbocycles. The molecule has 1 rings (SSSR count). The lowest BCUT2D eigenvalue weighted by molar-refractivity contribution is -0.157. The molecule has 5 heteroatoms. The summed E-state index contributed by atoms with van der Waals surface area (Å²) >= 11 is 0. The van der Waals surface area contributed by atoms with Crippen LogP contribution in [-0.2, 0) is 9.53 Å². The van der Waals surface area contributed by atoms with E-state index in [9.17, 15) is 18.0 Å². The number of ether oxygens (including phenoxy) is 1. The third-order valence-corrected chi connectivity index (χ3v) is 1.41. The number of carbonyl (C=O) groups excluding carboxylic acids is 1. The van der Waals surface area contributed by atoms with E-state index in [-0.39, 0.29) is 12.2 Å².